The molecular formula is C19H21N. The van der Waals surface area contributed by atoms with Crippen LogP contribution in [0.2, 0.25) is 0 Å². The van der Waals surface area contributed by atoms with E-state index in [0.29, 0.717) is 6.04 Å². The summed E-state index contributed by atoms with van der Waals surface area (Å²) in [6.45, 7) is 4.31. The van der Waals surface area contributed by atoms with E-state index in [9.17, 15) is 0 Å². The van der Waals surface area contributed by atoms with Crippen LogP contribution in [0, 0.1) is 5.92 Å². The van der Waals surface area contributed by atoms with Crippen molar-refractivity contribution in [2.24, 2.45) is 5.92 Å². The minimum absolute atomic E-state index is 0.448. The maximum absolute atomic E-state index is 4.31. The summed E-state index contributed by atoms with van der Waals surface area (Å²) in [6, 6.07) is 21.7. The molecule has 0 aromatic heterocycles. The van der Waals surface area contributed by atoms with E-state index in [0.717, 1.165) is 11.6 Å². The summed E-state index contributed by atoms with van der Waals surface area (Å²) < 4.78 is 0. The van der Waals surface area contributed by atoms with E-state index in [-0.39, 0.29) is 0 Å². The molecule has 1 nitrogen and oxygen atoms in total. The van der Waals surface area contributed by atoms with Gasteiger partial charge in [0.2, 0.25) is 0 Å². The minimum Gasteiger partial charge on any atom is -0.367 e. The molecule has 0 heterocycles. The van der Waals surface area contributed by atoms with Gasteiger partial charge in [0.1, 0.15) is 0 Å². The lowest BCUT2D eigenvalue weighted by molar-refractivity contribution is 0.321. The minimum atomic E-state index is 0.448. The van der Waals surface area contributed by atoms with Gasteiger partial charge in [-0.05, 0) is 29.9 Å². The van der Waals surface area contributed by atoms with Crippen LogP contribution in [0.1, 0.15) is 30.0 Å². The van der Waals surface area contributed by atoms with Crippen LogP contribution in [-0.2, 0) is 0 Å². The Morgan fingerprint density at radius 1 is 1.00 bits per heavy atom. The number of benzene rings is 2. The molecule has 20 heavy (non-hydrogen) atoms. The summed E-state index contributed by atoms with van der Waals surface area (Å²) in [4.78, 5) is 2.35. The van der Waals surface area contributed by atoms with Gasteiger partial charge in [-0.3, -0.25) is 0 Å². The molecule has 1 aliphatic carbocycles. The largest absolute Gasteiger partial charge is 0.367 e. The van der Waals surface area contributed by atoms with Gasteiger partial charge >= 0.3 is 0 Å². The standard InChI is InChI=1S/C19H21N/c1-15(16-9-5-3-6-10-16)20(2)19(18-13-14-18)17-11-7-4-8-12-17/h3-12,18-19H,1,13-14H2,2H3. The predicted molar refractivity (Wildman–Crippen MR) is 85.1 cm³/mol. The smallest absolute Gasteiger partial charge is 0.0567 e. The zero-order valence-corrected chi connectivity index (χ0v) is 12.0. The van der Waals surface area contributed by atoms with Crippen LogP contribution in [0.25, 0.3) is 5.70 Å². The molecule has 1 saturated carbocycles. The van der Waals surface area contributed by atoms with Crippen molar-refractivity contribution in [3.63, 3.8) is 0 Å². The molecule has 1 unspecified atom stereocenters. The average molecular weight is 263 g/mol. The van der Waals surface area contributed by atoms with Crippen molar-refractivity contribution < 1.29 is 0 Å². The van der Waals surface area contributed by atoms with Crippen LogP contribution in [0.3, 0.4) is 0 Å². The molecule has 0 bridgehead atoms. The van der Waals surface area contributed by atoms with Crippen molar-refractivity contribution in [3.8, 4) is 0 Å². The van der Waals surface area contributed by atoms with Gasteiger partial charge in [0, 0.05) is 12.7 Å². The molecule has 2 aromatic rings. The van der Waals surface area contributed by atoms with E-state index in [1.54, 1.807) is 0 Å². The van der Waals surface area contributed by atoms with Crippen molar-refractivity contribution in [2.45, 2.75) is 18.9 Å². The van der Waals surface area contributed by atoms with Crippen LogP contribution in [0.15, 0.2) is 67.2 Å². The molecule has 3 rings (SSSR count). The van der Waals surface area contributed by atoms with Gasteiger partial charge in [0.05, 0.1) is 6.04 Å². The highest BCUT2D eigenvalue weighted by Gasteiger charge is 2.35. The van der Waals surface area contributed by atoms with E-state index in [1.165, 1.54) is 24.0 Å². The van der Waals surface area contributed by atoms with Gasteiger partial charge in [-0.1, -0.05) is 67.2 Å². The molecule has 1 aliphatic rings. The normalized spacial score (nSPS) is 15.7. The lowest BCUT2D eigenvalue weighted by Crippen LogP contribution is -2.24. The monoisotopic (exact) mass is 263 g/mol. The van der Waals surface area contributed by atoms with Gasteiger partial charge in [-0.25, -0.2) is 0 Å². The Hall–Kier alpha value is -2.02. The number of hydrogen-bond donors (Lipinski definition) is 0. The molecular weight excluding hydrogens is 242 g/mol. The summed E-state index contributed by atoms with van der Waals surface area (Å²) in [5.41, 5.74) is 3.71. The second-order valence-electron chi connectivity index (χ2n) is 5.62. The highest BCUT2D eigenvalue weighted by molar-refractivity contribution is 5.62. The van der Waals surface area contributed by atoms with Gasteiger partial charge in [-0.15, -0.1) is 0 Å². The molecule has 1 atom stereocenters. The first-order chi connectivity index (χ1) is 9.77. The lowest BCUT2D eigenvalue weighted by Gasteiger charge is -2.32. The maximum atomic E-state index is 4.31. The first kappa shape index (κ1) is 13.0. The van der Waals surface area contributed by atoms with E-state index in [2.05, 4.69) is 73.1 Å². The third-order valence-electron chi connectivity index (χ3n) is 4.16. The Labute approximate surface area is 121 Å². The third kappa shape index (κ3) is 2.62. The van der Waals surface area contributed by atoms with E-state index in [4.69, 9.17) is 0 Å². The molecule has 1 heteroatoms. The molecule has 0 spiro atoms. The summed E-state index contributed by atoms with van der Waals surface area (Å²) in [5, 5.41) is 0. The van der Waals surface area contributed by atoms with Crippen LogP contribution in [-0.4, -0.2) is 11.9 Å². The fraction of sp³-hybridized carbons (Fsp3) is 0.263. The molecule has 0 N–H and O–H groups in total. The highest BCUT2D eigenvalue weighted by Crippen LogP contribution is 2.45. The molecule has 2 aromatic carbocycles. The SMILES string of the molecule is C=C(c1ccccc1)N(C)C(c1ccccc1)C1CC1. The lowest BCUT2D eigenvalue weighted by atomic mass is 9.99. The quantitative estimate of drug-likeness (QED) is 0.753. The summed E-state index contributed by atoms with van der Waals surface area (Å²) in [6.07, 6.45) is 2.65. The Morgan fingerprint density at radius 2 is 1.55 bits per heavy atom. The second kappa shape index (κ2) is 5.54. The second-order valence-corrected chi connectivity index (χ2v) is 5.62. The van der Waals surface area contributed by atoms with Crippen LogP contribution < -0.4 is 0 Å². The van der Waals surface area contributed by atoms with Crippen LogP contribution in [0.4, 0.5) is 0 Å². The third-order valence-corrected chi connectivity index (χ3v) is 4.16. The molecule has 0 aliphatic heterocycles. The van der Waals surface area contributed by atoms with Gasteiger partial charge in [-0.2, -0.15) is 0 Å². The fourth-order valence-electron chi connectivity index (χ4n) is 2.88. The van der Waals surface area contributed by atoms with E-state index < -0.39 is 0 Å². The first-order valence-corrected chi connectivity index (χ1v) is 7.29. The molecule has 0 radical (unpaired) electrons. The van der Waals surface area contributed by atoms with E-state index >= 15 is 0 Å². The number of hydrogen-bond acceptors (Lipinski definition) is 1. The first-order valence-electron chi connectivity index (χ1n) is 7.29. The Balaban J connectivity index is 1.87. The fourth-order valence-corrected chi connectivity index (χ4v) is 2.88. The Morgan fingerprint density at radius 3 is 2.10 bits per heavy atom. The topological polar surface area (TPSA) is 3.24 Å². The Kier molecular flexibility index (Phi) is 3.60. The summed E-state index contributed by atoms with van der Waals surface area (Å²) >= 11 is 0. The van der Waals surface area contributed by atoms with Crippen LogP contribution in [0.5, 0.6) is 0 Å². The van der Waals surface area contributed by atoms with Gasteiger partial charge in [0.15, 0.2) is 0 Å². The zero-order valence-electron chi connectivity index (χ0n) is 12.0. The highest BCUT2D eigenvalue weighted by atomic mass is 15.1. The number of nitrogens with zero attached hydrogens (tertiary/aromatic N) is 1. The molecule has 1 fully saturated rings. The summed E-state index contributed by atoms with van der Waals surface area (Å²) in [7, 11) is 2.17. The molecule has 0 amide bonds. The maximum Gasteiger partial charge on any atom is 0.0567 e. The molecule has 0 saturated heterocycles. The zero-order chi connectivity index (χ0) is 13.9. The van der Waals surface area contributed by atoms with Crippen molar-refractivity contribution in [3.05, 3.63) is 78.4 Å². The Bertz CT molecular complexity index is 569. The van der Waals surface area contributed by atoms with Gasteiger partial charge < -0.3 is 4.90 Å². The predicted octanol–water partition coefficient (Wildman–Crippen LogP) is 4.74. The van der Waals surface area contributed by atoms with Crippen LogP contribution >= 0.6 is 0 Å². The number of rotatable bonds is 5. The van der Waals surface area contributed by atoms with E-state index in [1.807, 2.05) is 6.07 Å². The van der Waals surface area contributed by atoms with Crippen molar-refractivity contribution >= 4 is 5.70 Å². The summed E-state index contributed by atoms with van der Waals surface area (Å²) in [5.74, 6) is 0.767. The van der Waals surface area contributed by atoms with Crippen molar-refractivity contribution in [1.29, 1.82) is 0 Å². The van der Waals surface area contributed by atoms with Crippen molar-refractivity contribution in [1.82, 2.24) is 4.90 Å². The van der Waals surface area contributed by atoms with Gasteiger partial charge in [0.25, 0.3) is 0 Å². The average Bonchev–Trinajstić information content (AvgIpc) is 3.33. The molecule has 102 valence electrons. The van der Waals surface area contributed by atoms with Crippen molar-refractivity contribution in [2.75, 3.05) is 7.05 Å².